The summed E-state index contributed by atoms with van der Waals surface area (Å²) in [7, 11) is 0. The lowest BCUT2D eigenvalue weighted by Crippen LogP contribution is -2.43. The van der Waals surface area contributed by atoms with Gasteiger partial charge in [-0.05, 0) is 6.08 Å². The smallest absolute Gasteiger partial charge is 0.289 e. The molecular weight excluding hydrogens is 148 g/mol. The minimum Gasteiger partial charge on any atom is -0.289 e. The number of rotatable bonds is 2. The summed E-state index contributed by atoms with van der Waals surface area (Å²) in [4.78, 5) is 31.1. The molecule has 0 aromatic carbocycles. The van der Waals surface area contributed by atoms with Crippen LogP contribution in [0.25, 0.3) is 0 Å². The monoisotopic (exact) mass is 156 g/mol. The number of hydrogen-bond acceptors (Lipinski definition) is 3. The third-order valence-corrected chi connectivity index (χ3v) is 0.804. The Kier molecular flexibility index (Phi) is 3.58. The third-order valence-electron chi connectivity index (χ3n) is 0.804. The SMILES string of the molecule is C=CC(=O)NNC(=O)C(C)=O. The summed E-state index contributed by atoms with van der Waals surface area (Å²) in [5, 5.41) is 0. The van der Waals surface area contributed by atoms with E-state index in [0.717, 1.165) is 13.0 Å². The van der Waals surface area contributed by atoms with Gasteiger partial charge in [-0.2, -0.15) is 0 Å². The average molecular weight is 156 g/mol. The number of ketones is 1. The maximum atomic E-state index is 10.5. The Morgan fingerprint density at radius 3 is 2.18 bits per heavy atom. The van der Waals surface area contributed by atoms with E-state index in [2.05, 4.69) is 6.58 Å². The molecule has 0 aromatic heterocycles. The Bertz CT molecular complexity index is 210. The minimum atomic E-state index is -0.861. The first-order valence-corrected chi connectivity index (χ1v) is 2.81. The molecule has 0 fully saturated rings. The topological polar surface area (TPSA) is 75.3 Å². The van der Waals surface area contributed by atoms with Gasteiger partial charge in [-0.25, -0.2) is 0 Å². The van der Waals surface area contributed by atoms with Crippen molar-refractivity contribution in [2.45, 2.75) is 6.92 Å². The lowest BCUT2D eigenvalue weighted by atomic mass is 10.4. The van der Waals surface area contributed by atoms with Crippen LogP contribution in [0.4, 0.5) is 0 Å². The molecule has 11 heavy (non-hydrogen) atoms. The van der Waals surface area contributed by atoms with Crippen LogP contribution < -0.4 is 10.9 Å². The van der Waals surface area contributed by atoms with E-state index in [1.54, 1.807) is 0 Å². The lowest BCUT2D eigenvalue weighted by molar-refractivity contribution is -0.138. The van der Waals surface area contributed by atoms with Gasteiger partial charge < -0.3 is 0 Å². The van der Waals surface area contributed by atoms with Gasteiger partial charge >= 0.3 is 5.91 Å². The van der Waals surface area contributed by atoms with Crippen molar-refractivity contribution in [3.8, 4) is 0 Å². The van der Waals surface area contributed by atoms with Crippen LogP contribution in [-0.4, -0.2) is 17.6 Å². The summed E-state index contributed by atoms with van der Waals surface area (Å²) >= 11 is 0. The average Bonchev–Trinajstić information content (AvgIpc) is 1.99. The highest BCUT2D eigenvalue weighted by Crippen LogP contribution is 1.67. The van der Waals surface area contributed by atoms with Crippen LogP contribution in [0.2, 0.25) is 0 Å². The Balaban J connectivity index is 3.71. The van der Waals surface area contributed by atoms with Crippen LogP contribution in [0.3, 0.4) is 0 Å². The van der Waals surface area contributed by atoms with Gasteiger partial charge in [0.25, 0.3) is 5.91 Å². The third kappa shape index (κ3) is 3.85. The predicted molar refractivity (Wildman–Crippen MR) is 37.2 cm³/mol. The molecule has 0 aliphatic heterocycles. The van der Waals surface area contributed by atoms with Gasteiger partial charge in [-0.3, -0.25) is 25.2 Å². The van der Waals surface area contributed by atoms with Crippen molar-refractivity contribution >= 4 is 17.6 Å². The maximum Gasteiger partial charge on any atom is 0.305 e. The van der Waals surface area contributed by atoms with Crippen molar-refractivity contribution in [3.05, 3.63) is 12.7 Å². The Labute approximate surface area is 63.4 Å². The lowest BCUT2D eigenvalue weighted by Gasteiger charge is -2.00. The zero-order chi connectivity index (χ0) is 8.85. The quantitative estimate of drug-likeness (QED) is 0.303. The Morgan fingerprint density at radius 2 is 1.82 bits per heavy atom. The molecule has 0 saturated carbocycles. The largest absolute Gasteiger partial charge is 0.305 e. The molecule has 2 amide bonds. The summed E-state index contributed by atoms with van der Waals surface area (Å²) in [6.45, 7) is 4.23. The zero-order valence-corrected chi connectivity index (χ0v) is 6.01. The summed E-state index contributed by atoms with van der Waals surface area (Å²) in [6, 6.07) is 0. The summed E-state index contributed by atoms with van der Waals surface area (Å²) in [5.74, 6) is -2.10. The fraction of sp³-hybridized carbons (Fsp3) is 0.167. The molecule has 0 bridgehead atoms. The van der Waals surface area contributed by atoms with Crippen molar-refractivity contribution in [1.29, 1.82) is 0 Å². The van der Waals surface area contributed by atoms with Crippen LogP contribution in [0.1, 0.15) is 6.92 Å². The Morgan fingerprint density at radius 1 is 1.27 bits per heavy atom. The molecule has 0 atom stereocenters. The van der Waals surface area contributed by atoms with E-state index in [0.29, 0.717) is 0 Å². The molecule has 0 aliphatic carbocycles. The highest BCUT2D eigenvalue weighted by atomic mass is 16.2. The van der Waals surface area contributed by atoms with E-state index >= 15 is 0 Å². The summed E-state index contributed by atoms with van der Waals surface area (Å²) in [6.07, 6.45) is 0.973. The first-order valence-electron chi connectivity index (χ1n) is 2.81. The highest BCUT2D eigenvalue weighted by molar-refractivity contribution is 6.35. The van der Waals surface area contributed by atoms with Crippen LogP contribution in [0, 0.1) is 0 Å². The minimum absolute atomic E-state index is 0.570. The molecule has 0 aromatic rings. The summed E-state index contributed by atoms with van der Waals surface area (Å²) in [5.41, 5.74) is 3.81. The number of carbonyl (C=O) groups excluding carboxylic acids is 3. The van der Waals surface area contributed by atoms with E-state index in [-0.39, 0.29) is 0 Å². The molecule has 0 rings (SSSR count). The second-order valence-electron chi connectivity index (χ2n) is 1.70. The number of carbonyl (C=O) groups is 3. The van der Waals surface area contributed by atoms with E-state index in [1.165, 1.54) is 0 Å². The van der Waals surface area contributed by atoms with Gasteiger partial charge in [0.05, 0.1) is 0 Å². The van der Waals surface area contributed by atoms with Crippen molar-refractivity contribution < 1.29 is 14.4 Å². The predicted octanol–water partition coefficient (Wildman–Crippen LogP) is -1.09. The molecule has 5 heteroatoms. The molecule has 5 nitrogen and oxygen atoms in total. The van der Waals surface area contributed by atoms with E-state index in [4.69, 9.17) is 0 Å². The maximum absolute atomic E-state index is 10.5. The molecule has 0 spiro atoms. The van der Waals surface area contributed by atoms with Gasteiger partial charge in [0.1, 0.15) is 0 Å². The van der Waals surface area contributed by atoms with Gasteiger partial charge in [0.15, 0.2) is 0 Å². The first kappa shape index (κ1) is 9.35. The van der Waals surface area contributed by atoms with Crippen LogP contribution in [-0.2, 0) is 14.4 Å². The molecule has 0 saturated heterocycles. The molecule has 0 heterocycles. The van der Waals surface area contributed by atoms with Crippen LogP contribution in [0.15, 0.2) is 12.7 Å². The van der Waals surface area contributed by atoms with E-state index < -0.39 is 17.6 Å². The standard InChI is InChI=1S/C6H8N2O3/c1-3-5(10)7-8-6(11)4(2)9/h3H,1H2,2H3,(H,7,10)(H,8,11). The molecule has 60 valence electrons. The van der Waals surface area contributed by atoms with Crippen LogP contribution >= 0.6 is 0 Å². The number of hydrazine groups is 1. The number of hydrogen-bond donors (Lipinski definition) is 2. The van der Waals surface area contributed by atoms with E-state index in [9.17, 15) is 14.4 Å². The second kappa shape index (κ2) is 4.21. The highest BCUT2D eigenvalue weighted by Gasteiger charge is 2.05. The number of Topliss-reactive ketones (excluding diaryl/α,β-unsaturated/α-hetero) is 1. The van der Waals surface area contributed by atoms with Gasteiger partial charge in [-0.1, -0.05) is 6.58 Å². The van der Waals surface area contributed by atoms with Gasteiger partial charge in [-0.15, -0.1) is 0 Å². The fourth-order valence-electron chi connectivity index (χ4n) is 0.257. The molecule has 0 aliphatic rings. The van der Waals surface area contributed by atoms with Crippen LogP contribution in [0.5, 0.6) is 0 Å². The normalized spacial score (nSPS) is 8.09. The molecule has 0 radical (unpaired) electrons. The van der Waals surface area contributed by atoms with Gasteiger partial charge in [0, 0.05) is 6.92 Å². The van der Waals surface area contributed by atoms with Crippen molar-refractivity contribution in [2.75, 3.05) is 0 Å². The van der Waals surface area contributed by atoms with E-state index in [1.807, 2.05) is 10.9 Å². The van der Waals surface area contributed by atoms with Crippen molar-refractivity contribution in [2.24, 2.45) is 0 Å². The van der Waals surface area contributed by atoms with Crippen molar-refractivity contribution in [3.63, 3.8) is 0 Å². The van der Waals surface area contributed by atoms with Crippen molar-refractivity contribution in [1.82, 2.24) is 10.9 Å². The Hall–Kier alpha value is -1.65. The fourth-order valence-corrected chi connectivity index (χ4v) is 0.257. The summed E-state index contributed by atoms with van der Waals surface area (Å²) < 4.78 is 0. The number of amides is 2. The second-order valence-corrected chi connectivity index (χ2v) is 1.70. The first-order chi connectivity index (χ1) is 5.07. The number of nitrogens with one attached hydrogen (secondary N) is 2. The zero-order valence-electron chi connectivity index (χ0n) is 6.01. The molecular formula is C6H8N2O3. The molecule has 2 N–H and O–H groups in total. The molecule has 0 unspecified atom stereocenters. The van der Waals surface area contributed by atoms with Gasteiger partial charge in [0.2, 0.25) is 5.78 Å².